The fourth-order valence-electron chi connectivity index (χ4n) is 2.48. The zero-order valence-electron chi connectivity index (χ0n) is 16.4. The van der Waals surface area contributed by atoms with Gasteiger partial charge in [0.2, 0.25) is 11.8 Å². The number of hydrogen-bond acceptors (Lipinski definition) is 6. The van der Waals surface area contributed by atoms with E-state index in [-0.39, 0.29) is 29.9 Å². The number of carbonyl (C=O) groups is 3. The van der Waals surface area contributed by atoms with Gasteiger partial charge in [0.1, 0.15) is 5.00 Å². The summed E-state index contributed by atoms with van der Waals surface area (Å²) in [5, 5.41) is 6.06. The molecule has 1 aromatic heterocycles. The molecule has 0 bridgehead atoms. The van der Waals surface area contributed by atoms with E-state index in [2.05, 4.69) is 10.6 Å². The van der Waals surface area contributed by atoms with Gasteiger partial charge in [0, 0.05) is 10.6 Å². The van der Waals surface area contributed by atoms with E-state index in [9.17, 15) is 14.4 Å². The zero-order chi connectivity index (χ0) is 20.7. The zero-order valence-corrected chi connectivity index (χ0v) is 18.0. The van der Waals surface area contributed by atoms with Crippen LogP contribution in [0.2, 0.25) is 0 Å². The van der Waals surface area contributed by atoms with Crippen molar-refractivity contribution in [3.63, 3.8) is 0 Å². The number of amides is 2. The van der Waals surface area contributed by atoms with Crippen molar-refractivity contribution >= 4 is 51.6 Å². The van der Waals surface area contributed by atoms with Crippen molar-refractivity contribution in [2.24, 2.45) is 0 Å². The first-order valence-corrected chi connectivity index (χ1v) is 10.8. The molecule has 6 nitrogen and oxygen atoms in total. The molecule has 0 atom stereocenters. The fourth-order valence-corrected chi connectivity index (χ4v) is 4.16. The van der Waals surface area contributed by atoms with Crippen LogP contribution >= 0.6 is 23.1 Å². The Morgan fingerprint density at radius 2 is 1.75 bits per heavy atom. The number of hydrogen-bond donors (Lipinski definition) is 2. The maximum atomic E-state index is 12.2. The number of nitrogens with one attached hydrogen (secondary N) is 2. The molecular formula is C20H24N2O4S2. The number of aryl methyl sites for hydroxylation is 2. The van der Waals surface area contributed by atoms with Gasteiger partial charge >= 0.3 is 5.97 Å². The Morgan fingerprint density at radius 1 is 1.07 bits per heavy atom. The molecule has 150 valence electrons. The van der Waals surface area contributed by atoms with Gasteiger partial charge in [-0.05, 0) is 51.0 Å². The third kappa shape index (κ3) is 6.10. The summed E-state index contributed by atoms with van der Waals surface area (Å²) in [5.74, 6) is -0.600. The number of rotatable bonds is 8. The van der Waals surface area contributed by atoms with Crippen molar-refractivity contribution in [3.8, 4) is 0 Å². The van der Waals surface area contributed by atoms with Crippen molar-refractivity contribution in [3.05, 3.63) is 45.8 Å². The first kappa shape index (κ1) is 22.0. The Morgan fingerprint density at radius 3 is 2.39 bits per heavy atom. The van der Waals surface area contributed by atoms with Gasteiger partial charge in [0.15, 0.2) is 0 Å². The van der Waals surface area contributed by atoms with Crippen molar-refractivity contribution in [2.75, 3.05) is 28.7 Å². The third-order valence-electron chi connectivity index (χ3n) is 3.89. The summed E-state index contributed by atoms with van der Waals surface area (Å²) in [6, 6.07) is 7.53. The van der Waals surface area contributed by atoms with Crippen LogP contribution in [-0.2, 0) is 14.3 Å². The quantitative estimate of drug-likeness (QED) is 0.627. The standard InChI is InChI=1S/C20H24N2O4S2/c1-5-26-20(25)18-13(3)14(4)28-19(18)22-17(24)11-27-10-16(23)21-15-8-6-7-12(2)9-15/h6-9H,5,10-11H2,1-4H3,(H,21,23)(H,22,24). The SMILES string of the molecule is CCOC(=O)c1c(NC(=O)CSCC(=O)Nc2cccc(C)c2)sc(C)c1C. The molecule has 0 radical (unpaired) electrons. The molecule has 0 unspecified atom stereocenters. The van der Waals surface area contributed by atoms with Crippen LogP contribution in [0.5, 0.6) is 0 Å². The summed E-state index contributed by atoms with van der Waals surface area (Å²) >= 11 is 2.56. The smallest absolute Gasteiger partial charge is 0.341 e. The third-order valence-corrected chi connectivity index (χ3v) is 5.94. The molecule has 2 aromatic rings. The minimum absolute atomic E-state index is 0.111. The van der Waals surface area contributed by atoms with E-state index in [1.54, 1.807) is 6.92 Å². The summed E-state index contributed by atoms with van der Waals surface area (Å²) in [6.45, 7) is 7.68. The second kappa shape index (κ2) is 10.3. The summed E-state index contributed by atoms with van der Waals surface area (Å²) in [4.78, 5) is 37.3. The summed E-state index contributed by atoms with van der Waals surface area (Å²) in [7, 11) is 0. The largest absolute Gasteiger partial charge is 0.462 e. The molecule has 0 aliphatic heterocycles. The normalized spacial score (nSPS) is 10.4. The van der Waals surface area contributed by atoms with Gasteiger partial charge < -0.3 is 15.4 Å². The molecular weight excluding hydrogens is 396 g/mol. The monoisotopic (exact) mass is 420 g/mol. The number of carbonyl (C=O) groups excluding carboxylic acids is 3. The molecule has 2 N–H and O–H groups in total. The predicted molar refractivity (Wildman–Crippen MR) is 116 cm³/mol. The van der Waals surface area contributed by atoms with E-state index in [1.165, 1.54) is 23.1 Å². The highest BCUT2D eigenvalue weighted by atomic mass is 32.2. The van der Waals surface area contributed by atoms with Crippen LogP contribution in [0, 0.1) is 20.8 Å². The van der Waals surface area contributed by atoms with Crippen LogP contribution in [0.3, 0.4) is 0 Å². The minimum atomic E-state index is -0.440. The highest BCUT2D eigenvalue weighted by Crippen LogP contribution is 2.33. The predicted octanol–water partition coefficient (Wildman–Crippen LogP) is 4.16. The lowest BCUT2D eigenvalue weighted by Gasteiger charge is -2.08. The lowest BCUT2D eigenvalue weighted by Crippen LogP contribution is -2.19. The molecule has 0 spiro atoms. The van der Waals surface area contributed by atoms with Crippen LogP contribution in [-0.4, -0.2) is 35.9 Å². The molecule has 2 amide bonds. The minimum Gasteiger partial charge on any atom is -0.462 e. The first-order chi connectivity index (χ1) is 13.3. The van der Waals surface area contributed by atoms with Crippen LogP contribution in [0.15, 0.2) is 24.3 Å². The van der Waals surface area contributed by atoms with E-state index in [0.29, 0.717) is 10.6 Å². The fraction of sp³-hybridized carbons (Fsp3) is 0.350. The Labute approximate surface area is 173 Å². The summed E-state index contributed by atoms with van der Waals surface area (Å²) in [6.07, 6.45) is 0. The number of esters is 1. The molecule has 28 heavy (non-hydrogen) atoms. The van der Waals surface area contributed by atoms with Gasteiger partial charge in [0.05, 0.1) is 23.7 Å². The van der Waals surface area contributed by atoms with E-state index < -0.39 is 5.97 Å². The molecule has 1 heterocycles. The van der Waals surface area contributed by atoms with Gasteiger partial charge in [-0.3, -0.25) is 9.59 Å². The van der Waals surface area contributed by atoms with Crippen molar-refractivity contribution in [1.29, 1.82) is 0 Å². The Hall–Kier alpha value is -2.32. The molecule has 1 aromatic carbocycles. The van der Waals surface area contributed by atoms with Crippen molar-refractivity contribution in [2.45, 2.75) is 27.7 Å². The van der Waals surface area contributed by atoms with E-state index in [4.69, 9.17) is 4.74 Å². The van der Waals surface area contributed by atoms with E-state index in [1.807, 2.05) is 45.0 Å². The molecule has 8 heteroatoms. The molecule has 2 rings (SSSR count). The van der Waals surface area contributed by atoms with Crippen molar-refractivity contribution in [1.82, 2.24) is 0 Å². The number of thioether (sulfide) groups is 1. The molecule has 0 aliphatic carbocycles. The Bertz CT molecular complexity index is 877. The maximum absolute atomic E-state index is 12.2. The van der Waals surface area contributed by atoms with Gasteiger partial charge in [-0.15, -0.1) is 23.1 Å². The van der Waals surface area contributed by atoms with Crippen LogP contribution < -0.4 is 10.6 Å². The number of anilines is 2. The van der Waals surface area contributed by atoms with Gasteiger partial charge in [-0.1, -0.05) is 12.1 Å². The van der Waals surface area contributed by atoms with E-state index >= 15 is 0 Å². The number of ether oxygens (including phenoxy) is 1. The summed E-state index contributed by atoms with van der Waals surface area (Å²) < 4.78 is 5.08. The topological polar surface area (TPSA) is 84.5 Å². The van der Waals surface area contributed by atoms with Gasteiger partial charge in [0.25, 0.3) is 0 Å². The molecule has 0 saturated heterocycles. The highest BCUT2D eigenvalue weighted by Gasteiger charge is 2.22. The number of benzene rings is 1. The second-order valence-electron chi connectivity index (χ2n) is 6.17. The first-order valence-electron chi connectivity index (χ1n) is 8.83. The molecule has 0 saturated carbocycles. The van der Waals surface area contributed by atoms with E-state index in [0.717, 1.165) is 21.7 Å². The second-order valence-corrected chi connectivity index (χ2v) is 8.38. The lowest BCUT2D eigenvalue weighted by molar-refractivity contribution is -0.114. The van der Waals surface area contributed by atoms with Crippen LogP contribution in [0.4, 0.5) is 10.7 Å². The average molecular weight is 421 g/mol. The molecule has 0 fully saturated rings. The van der Waals surface area contributed by atoms with Crippen molar-refractivity contribution < 1.29 is 19.1 Å². The maximum Gasteiger partial charge on any atom is 0.341 e. The Kier molecular flexibility index (Phi) is 8.07. The van der Waals surface area contributed by atoms with Crippen LogP contribution in [0.1, 0.15) is 33.3 Å². The average Bonchev–Trinajstić information content (AvgIpc) is 2.88. The van der Waals surface area contributed by atoms with Gasteiger partial charge in [-0.2, -0.15) is 0 Å². The number of thiophene rings is 1. The summed E-state index contributed by atoms with van der Waals surface area (Å²) in [5.41, 5.74) is 3.01. The van der Waals surface area contributed by atoms with Crippen LogP contribution in [0.25, 0.3) is 0 Å². The molecule has 0 aliphatic rings. The van der Waals surface area contributed by atoms with Gasteiger partial charge in [-0.25, -0.2) is 4.79 Å². The lowest BCUT2D eigenvalue weighted by atomic mass is 10.1. The Balaban J connectivity index is 1.87. The highest BCUT2D eigenvalue weighted by molar-refractivity contribution is 8.00.